The van der Waals surface area contributed by atoms with Crippen molar-refractivity contribution in [3.63, 3.8) is 0 Å². The van der Waals surface area contributed by atoms with Crippen LogP contribution in [0.25, 0.3) is 0 Å². The highest BCUT2D eigenvalue weighted by Gasteiger charge is 2.27. The topological polar surface area (TPSA) is 16.4 Å². The Balaban J connectivity index is 1.93. The molecule has 2 heterocycles. The molecule has 1 aliphatic heterocycles. The van der Waals surface area contributed by atoms with Crippen LogP contribution in [0.5, 0.6) is 0 Å². The van der Waals surface area contributed by atoms with Crippen LogP contribution < -0.4 is 0 Å². The minimum atomic E-state index is 0.626. The molecule has 1 aromatic heterocycles. The molecule has 0 N–H and O–H groups in total. The second-order valence-electron chi connectivity index (χ2n) is 3.89. The zero-order chi connectivity index (χ0) is 10.1. The first-order valence-corrected chi connectivity index (χ1v) is 6.46. The lowest BCUT2D eigenvalue weighted by Gasteiger charge is -2.12. The van der Waals surface area contributed by atoms with E-state index in [1.54, 1.807) is 0 Å². The number of likely N-dealkylation sites (tertiary alicyclic amines) is 1. The molecular weight excluding hydrogens is 310 g/mol. The van der Waals surface area contributed by atoms with Crippen molar-refractivity contribution in [2.75, 3.05) is 13.1 Å². The second kappa shape index (κ2) is 4.37. The van der Waals surface area contributed by atoms with Crippen LogP contribution in [0.2, 0.25) is 0 Å². The van der Waals surface area contributed by atoms with Crippen LogP contribution in [0.1, 0.15) is 12.7 Å². The van der Waals surface area contributed by atoms with Gasteiger partial charge in [0.2, 0.25) is 0 Å². The summed E-state index contributed by atoms with van der Waals surface area (Å²) in [5.41, 5.74) is 0. The molecule has 0 aliphatic carbocycles. The molecular formula is C10H13Br2NO. The summed E-state index contributed by atoms with van der Waals surface area (Å²) in [5.74, 6) is 1.76. The Kier molecular flexibility index (Phi) is 3.34. The summed E-state index contributed by atoms with van der Waals surface area (Å²) < 4.78 is 6.29. The Labute approximate surface area is 101 Å². The third kappa shape index (κ3) is 2.41. The number of nitrogens with zero attached hydrogens (tertiary/aromatic N) is 1. The fraction of sp³-hybridized carbons (Fsp3) is 0.600. The van der Waals surface area contributed by atoms with Gasteiger partial charge in [-0.25, -0.2) is 0 Å². The van der Waals surface area contributed by atoms with Gasteiger partial charge in [0.05, 0.1) is 6.54 Å². The van der Waals surface area contributed by atoms with Gasteiger partial charge in [0.1, 0.15) is 5.76 Å². The van der Waals surface area contributed by atoms with Crippen LogP contribution >= 0.6 is 31.9 Å². The van der Waals surface area contributed by atoms with Crippen LogP contribution in [0.4, 0.5) is 0 Å². The van der Waals surface area contributed by atoms with Crippen molar-refractivity contribution in [1.82, 2.24) is 4.90 Å². The second-order valence-corrected chi connectivity index (χ2v) is 5.85. The average molecular weight is 323 g/mol. The maximum absolute atomic E-state index is 5.48. The first-order valence-electron chi connectivity index (χ1n) is 4.76. The number of furan rings is 1. The molecule has 0 amide bonds. The summed E-state index contributed by atoms with van der Waals surface area (Å²) in [4.78, 5) is 3.04. The number of hydrogen-bond donors (Lipinski definition) is 0. The van der Waals surface area contributed by atoms with Gasteiger partial charge >= 0.3 is 0 Å². The van der Waals surface area contributed by atoms with Gasteiger partial charge in [-0.3, -0.25) is 4.90 Å². The molecule has 1 aliphatic rings. The van der Waals surface area contributed by atoms with E-state index in [2.05, 4.69) is 43.7 Å². The molecule has 2 atom stereocenters. The third-order valence-corrected chi connectivity index (χ3v) is 4.22. The highest BCUT2D eigenvalue weighted by atomic mass is 79.9. The van der Waals surface area contributed by atoms with Crippen molar-refractivity contribution in [2.24, 2.45) is 5.92 Å². The molecule has 1 saturated heterocycles. The molecule has 0 radical (unpaired) electrons. The minimum Gasteiger partial charge on any atom is -0.453 e. The van der Waals surface area contributed by atoms with E-state index in [1.807, 2.05) is 12.1 Å². The van der Waals surface area contributed by atoms with Gasteiger partial charge in [0.25, 0.3) is 0 Å². The lowest BCUT2D eigenvalue weighted by Crippen LogP contribution is -2.19. The summed E-state index contributed by atoms with van der Waals surface area (Å²) in [6, 6.07) is 3.97. The third-order valence-electron chi connectivity index (χ3n) is 2.60. The number of halogens is 2. The monoisotopic (exact) mass is 321 g/mol. The van der Waals surface area contributed by atoms with Crippen LogP contribution in [0.3, 0.4) is 0 Å². The normalized spacial score (nSPS) is 28.5. The average Bonchev–Trinajstić information content (AvgIpc) is 2.62. The van der Waals surface area contributed by atoms with Gasteiger partial charge in [-0.05, 0) is 34.0 Å². The lowest BCUT2D eigenvalue weighted by molar-refractivity contribution is 0.287. The zero-order valence-corrected chi connectivity index (χ0v) is 11.2. The molecule has 0 aromatic carbocycles. The Hall–Kier alpha value is 0.200. The van der Waals surface area contributed by atoms with Crippen molar-refractivity contribution in [3.8, 4) is 0 Å². The Bertz CT molecular complexity index is 303. The van der Waals surface area contributed by atoms with Gasteiger partial charge in [-0.2, -0.15) is 0 Å². The molecule has 0 bridgehead atoms. The first kappa shape index (κ1) is 10.7. The Morgan fingerprint density at radius 2 is 2.29 bits per heavy atom. The molecule has 0 spiro atoms. The lowest BCUT2D eigenvalue weighted by atomic mass is 10.2. The van der Waals surface area contributed by atoms with Gasteiger partial charge in [0.15, 0.2) is 4.67 Å². The summed E-state index contributed by atoms with van der Waals surface area (Å²) in [6.07, 6.45) is 0. The molecule has 4 heteroatoms. The first-order chi connectivity index (χ1) is 6.65. The van der Waals surface area contributed by atoms with E-state index in [1.165, 1.54) is 0 Å². The highest BCUT2D eigenvalue weighted by Crippen LogP contribution is 2.25. The van der Waals surface area contributed by atoms with Crippen molar-refractivity contribution in [1.29, 1.82) is 0 Å². The summed E-state index contributed by atoms with van der Waals surface area (Å²) >= 11 is 6.99. The van der Waals surface area contributed by atoms with E-state index in [0.29, 0.717) is 4.83 Å². The maximum atomic E-state index is 5.48. The fourth-order valence-corrected chi connectivity index (χ4v) is 2.73. The Morgan fingerprint density at radius 1 is 1.50 bits per heavy atom. The summed E-state index contributed by atoms with van der Waals surface area (Å²) in [6.45, 7) is 5.45. The van der Waals surface area contributed by atoms with E-state index in [4.69, 9.17) is 4.42 Å². The number of rotatable bonds is 2. The molecule has 1 aromatic rings. The Morgan fingerprint density at radius 3 is 2.79 bits per heavy atom. The molecule has 0 saturated carbocycles. The summed E-state index contributed by atoms with van der Waals surface area (Å²) in [5, 5.41) is 0. The van der Waals surface area contributed by atoms with Crippen molar-refractivity contribution in [3.05, 3.63) is 22.6 Å². The van der Waals surface area contributed by atoms with Crippen molar-refractivity contribution in [2.45, 2.75) is 18.3 Å². The van der Waals surface area contributed by atoms with Gasteiger partial charge in [-0.15, -0.1) is 0 Å². The van der Waals surface area contributed by atoms with Crippen LogP contribution in [-0.4, -0.2) is 22.8 Å². The molecule has 2 unspecified atom stereocenters. The number of hydrogen-bond acceptors (Lipinski definition) is 2. The molecule has 2 rings (SSSR count). The SMILES string of the molecule is CC1CN(Cc2ccc(Br)o2)CC1Br. The van der Waals surface area contributed by atoms with E-state index in [9.17, 15) is 0 Å². The predicted molar refractivity (Wildman–Crippen MR) is 63.6 cm³/mol. The van der Waals surface area contributed by atoms with Crippen LogP contribution in [-0.2, 0) is 6.54 Å². The predicted octanol–water partition coefficient (Wildman–Crippen LogP) is 3.26. The smallest absolute Gasteiger partial charge is 0.169 e. The molecule has 78 valence electrons. The molecule has 14 heavy (non-hydrogen) atoms. The largest absolute Gasteiger partial charge is 0.453 e. The summed E-state index contributed by atoms with van der Waals surface area (Å²) in [7, 11) is 0. The quantitative estimate of drug-likeness (QED) is 0.777. The van der Waals surface area contributed by atoms with Crippen LogP contribution in [0.15, 0.2) is 21.2 Å². The van der Waals surface area contributed by atoms with E-state index in [-0.39, 0.29) is 0 Å². The van der Waals surface area contributed by atoms with Gasteiger partial charge in [-0.1, -0.05) is 22.9 Å². The van der Waals surface area contributed by atoms with Crippen molar-refractivity contribution < 1.29 is 4.42 Å². The van der Waals surface area contributed by atoms with E-state index >= 15 is 0 Å². The fourth-order valence-electron chi connectivity index (χ4n) is 1.81. The van der Waals surface area contributed by atoms with Gasteiger partial charge in [0, 0.05) is 17.9 Å². The van der Waals surface area contributed by atoms with E-state index in [0.717, 1.165) is 36.0 Å². The highest BCUT2D eigenvalue weighted by molar-refractivity contribution is 9.10. The van der Waals surface area contributed by atoms with E-state index < -0.39 is 0 Å². The van der Waals surface area contributed by atoms with Crippen LogP contribution in [0, 0.1) is 5.92 Å². The standard InChI is InChI=1S/C10H13Br2NO/c1-7-4-13(6-9(7)11)5-8-2-3-10(12)14-8/h2-3,7,9H,4-6H2,1H3. The zero-order valence-electron chi connectivity index (χ0n) is 8.04. The molecule has 2 nitrogen and oxygen atoms in total. The van der Waals surface area contributed by atoms with Gasteiger partial charge < -0.3 is 4.42 Å². The van der Waals surface area contributed by atoms with Crippen molar-refractivity contribution >= 4 is 31.9 Å². The molecule has 1 fully saturated rings. The maximum Gasteiger partial charge on any atom is 0.169 e. The minimum absolute atomic E-state index is 0.626. The number of alkyl halides is 1.